The molecule has 0 saturated carbocycles. The summed E-state index contributed by atoms with van der Waals surface area (Å²) in [5, 5.41) is 9.41. The standard InChI is InChI=1S/C24H29NO8/c1-28-21-12-16(13-22(29-2)24(21)30-3)23(27)19-15-25-20-14-17(4-5-18(19)20)33-11-10-32-9-8-31-7-6-26/h4-5,12-15,25-26H,6-11H2,1-3H3. The number of hydrogen-bond donors (Lipinski definition) is 2. The SMILES string of the molecule is COc1cc(C(=O)c2c[nH]c3cc(OCCOCCOCCO)ccc23)cc(OC)c1OC. The first-order valence-electron chi connectivity index (χ1n) is 10.5. The van der Waals surface area contributed by atoms with Gasteiger partial charge in [-0.25, -0.2) is 0 Å². The molecule has 2 N–H and O–H groups in total. The number of carbonyl (C=O) groups is 1. The Kier molecular flexibility index (Phi) is 8.94. The number of hydrogen-bond acceptors (Lipinski definition) is 8. The van der Waals surface area contributed by atoms with Gasteiger partial charge in [0.05, 0.1) is 54.4 Å². The Labute approximate surface area is 192 Å². The second-order valence-electron chi connectivity index (χ2n) is 6.95. The number of ketones is 1. The van der Waals surface area contributed by atoms with Crippen LogP contribution in [-0.2, 0) is 9.47 Å². The Morgan fingerprint density at radius 2 is 1.55 bits per heavy atom. The van der Waals surface area contributed by atoms with E-state index in [0.29, 0.717) is 67.2 Å². The number of H-pyrrole nitrogens is 1. The Hall–Kier alpha value is -3.27. The van der Waals surface area contributed by atoms with Crippen molar-refractivity contribution >= 4 is 16.7 Å². The highest BCUT2D eigenvalue weighted by molar-refractivity contribution is 6.16. The quantitative estimate of drug-likeness (QED) is 0.280. The van der Waals surface area contributed by atoms with Gasteiger partial charge in [0.25, 0.3) is 0 Å². The topological polar surface area (TPSA) is 108 Å². The fraction of sp³-hybridized carbons (Fsp3) is 0.375. The zero-order chi connectivity index (χ0) is 23.6. The number of ether oxygens (including phenoxy) is 6. The minimum absolute atomic E-state index is 0.000124. The lowest BCUT2D eigenvalue weighted by atomic mass is 10.0. The van der Waals surface area contributed by atoms with Crippen molar-refractivity contribution < 1.29 is 38.3 Å². The molecule has 0 spiro atoms. The lowest BCUT2D eigenvalue weighted by Gasteiger charge is -2.13. The van der Waals surface area contributed by atoms with E-state index in [1.165, 1.54) is 21.3 Å². The van der Waals surface area contributed by atoms with Gasteiger partial charge in [-0.3, -0.25) is 4.79 Å². The zero-order valence-corrected chi connectivity index (χ0v) is 19.0. The van der Waals surface area contributed by atoms with E-state index < -0.39 is 0 Å². The third kappa shape index (κ3) is 5.95. The van der Waals surface area contributed by atoms with Gasteiger partial charge in [0.2, 0.25) is 5.75 Å². The molecular weight excluding hydrogens is 430 g/mol. The van der Waals surface area contributed by atoms with Gasteiger partial charge in [0.15, 0.2) is 17.3 Å². The lowest BCUT2D eigenvalue weighted by molar-refractivity contribution is 0.0247. The van der Waals surface area contributed by atoms with Crippen LogP contribution in [0.15, 0.2) is 36.5 Å². The van der Waals surface area contributed by atoms with Crippen LogP contribution in [0, 0.1) is 0 Å². The number of aromatic amines is 1. The molecule has 9 heteroatoms. The van der Waals surface area contributed by atoms with E-state index in [0.717, 1.165) is 10.9 Å². The van der Waals surface area contributed by atoms with Crippen LogP contribution >= 0.6 is 0 Å². The highest BCUT2D eigenvalue weighted by Crippen LogP contribution is 2.39. The van der Waals surface area contributed by atoms with Crippen LogP contribution < -0.4 is 18.9 Å². The highest BCUT2D eigenvalue weighted by Gasteiger charge is 2.20. The fourth-order valence-corrected chi connectivity index (χ4v) is 3.36. The third-order valence-corrected chi connectivity index (χ3v) is 4.93. The number of benzene rings is 2. The molecule has 178 valence electrons. The zero-order valence-electron chi connectivity index (χ0n) is 19.0. The summed E-state index contributed by atoms with van der Waals surface area (Å²) >= 11 is 0. The van der Waals surface area contributed by atoms with Gasteiger partial charge in [-0.05, 0) is 24.3 Å². The van der Waals surface area contributed by atoms with E-state index >= 15 is 0 Å². The van der Waals surface area contributed by atoms with Gasteiger partial charge < -0.3 is 38.5 Å². The van der Waals surface area contributed by atoms with E-state index in [1.807, 2.05) is 18.2 Å². The summed E-state index contributed by atoms with van der Waals surface area (Å²) in [6, 6.07) is 8.76. The number of aliphatic hydroxyl groups excluding tert-OH is 1. The van der Waals surface area contributed by atoms with E-state index in [-0.39, 0.29) is 12.4 Å². The second-order valence-corrected chi connectivity index (χ2v) is 6.95. The molecule has 0 amide bonds. The normalized spacial score (nSPS) is 10.9. The van der Waals surface area contributed by atoms with Crippen molar-refractivity contribution in [3.63, 3.8) is 0 Å². The Morgan fingerprint density at radius 1 is 0.879 bits per heavy atom. The first-order chi connectivity index (χ1) is 16.1. The molecule has 0 aliphatic heterocycles. The maximum absolute atomic E-state index is 13.2. The Bertz CT molecular complexity index is 1040. The molecule has 9 nitrogen and oxygen atoms in total. The number of aromatic nitrogens is 1. The van der Waals surface area contributed by atoms with Crippen molar-refractivity contribution in [2.75, 3.05) is 61.0 Å². The summed E-state index contributed by atoms with van der Waals surface area (Å²) in [7, 11) is 4.53. The van der Waals surface area contributed by atoms with Crippen molar-refractivity contribution in [3.8, 4) is 23.0 Å². The number of nitrogens with one attached hydrogen (secondary N) is 1. The monoisotopic (exact) mass is 459 g/mol. The number of methoxy groups -OCH3 is 3. The maximum Gasteiger partial charge on any atom is 0.203 e. The van der Waals surface area contributed by atoms with Crippen LogP contribution in [0.3, 0.4) is 0 Å². The van der Waals surface area contributed by atoms with Crippen molar-refractivity contribution in [2.24, 2.45) is 0 Å². The molecule has 3 aromatic rings. The van der Waals surface area contributed by atoms with Crippen LogP contribution in [0.5, 0.6) is 23.0 Å². The average Bonchev–Trinajstić information content (AvgIpc) is 3.27. The van der Waals surface area contributed by atoms with Gasteiger partial charge in [-0.2, -0.15) is 0 Å². The fourth-order valence-electron chi connectivity index (χ4n) is 3.36. The molecule has 0 unspecified atom stereocenters. The largest absolute Gasteiger partial charge is 0.493 e. The smallest absolute Gasteiger partial charge is 0.203 e. The van der Waals surface area contributed by atoms with Crippen LogP contribution in [0.25, 0.3) is 10.9 Å². The van der Waals surface area contributed by atoms with Gasteiger partial charge in [0.1, 0.15) is 12.4 Å². The minimum Gasteiger partial charge on any atom is -0.493 e. The maximum atomic E-state index is 13.2. The molecule has 0 bridgehead atoms. The van der Waals surface area contributed by atoms with Crippen molar-refractivity contribution in [1.29, 1.82) is 0 Å². The molecule has 0 saturated heterocycles. The molecule has 0 atom stereocenters. The van der Waals surface area contributed by atoms with E-state index in [4.69, 9.17) is 33.5 Å². The van der Waals surface area contributed by atoms with Crippen molar-refractivity contribution in [2.45, 2.75) is 0 Å². The lowest BCUT2D eigenvalue weighted by Crippen LogP contribution is -2.11. The first kappa shape index (κ1) is 24.4. The number of rotatable bonds is 14. The van der Waals surface area contributed by atoms with Crippen LogP contribution in [0.4, 0.5) is 0 Å². The van der Waals surface area contributed by atoms with Gasteiger partial charge in [0, 0.05) is 34.3 Å². The van der Waals surface area contributed by atoms with Crippen LogP contribution in [0.2, 0.25) is 0 Å². The van der Waals surface area contributed by atoms with Crippen LogP contribution in [-0.4, -0.2) is 76.8 Å². The molecule has 0 aliphatic carbocycles. The number of aliphatic hydroxyl groups is 1. The molecule has 0 radical (unpaired) electrons. The van der Waals surface area contributed by atoms with E-state index in [9.17, 15) is 4.79 Å². The summed E-state index contributed by atoms with van der Waals surface area (Å²) in [6.45, 7) is 1.96. The van der Waals surface area contributed by atoms with Crippen molar-refractivity contribution in [1.82, 2.24) is 4.98 Å². The predicted molar refractivity (Wildman–Crippen MR) is 122 cm³/mol. The molecule has 33 heavy (non-hydrogen) atoms. The van der Waals surface area contributed by atoms with Gasteiger partial charge >= 0.3 is 0 Å². The van der Waals surface area contributed by atoms with Gasteiger partial charge in [-0.1, -0.05) is 0 Å². The minimum atomic E-state index is -0.175. The predicted octanol–water partition coefficient (Wildman–Crippen LogP) is 2.83. The Morgan fingerprint density at radius 3 is 2.18 bits per heavy atom. The molecule has 2 aromatic carbocycles. The number of carbonyl (C=O) groups excluding carboxylic acids is 1. The average molecular weight is 459 g/mol. The summed E-state index contributed by atoms with van der Waals surface area (Å²) in [4.78, 5) is 16.4. The molecule has 1 heterocycles. The number of fused-ring (bicyclic) bond motifs is 1. The van der Waals surface area contributed by atoms with Crippen molar-refractivity contribution in [3.05, 3.63) is 47.7 Å². The second kappa shape index (κ2) is 12.1. The molecular formula is C24H29NO8. The highest BCUT2D eigenvalue weighted by atomic mass is 16.5. The molecule has 3 rings (SSSR count). The van der Waals surface area contributed by atoms with Gasteiger partial charge in [-0.15, -0.1) is 0 Å². The third-order valence-electron chi connectivity index (χ3n) is 4.93. The summed E-state index contributed by atoms with van der Waals surface area (Å²) in [6.07, 6.45) is 1.68. The van der Waals surface area contributed by atoms with E-state index in [2.05, 4.69) is 4.98 Å². The summed E-state index contributed by atoms with van der Waals surface area (Å²) in [5.41, 5.74) is 1.73. The summed E-state index contributed by atoms with van der Waals surface area (Å²) < 4.78 is 32.3. The van der Waals surface area contributed by atoms with Crippen LogP contribution in [0.1, 0.15) is 15.9 Å². The van der Waals surface area contributed by atoms with E-state index in [1.54, 1.807) is 18.3 Å². The first-order valence-corrected chi connectivity index (χ1v) is 10.5. The Balaban J connectivity index is 1.67. The summed E-state index contributed by atoms with van der Waals surface area (Å²) in [5.74, 6) is 1.75. The molecule has 0 aliphatic rings. The molecule has 0 fully saturated rings. The molecule has 1 aromatic heterocycles.